The maximum Gasteiger partial charge on any atom is 0.426 e. The first-order valence-corrected chi connectivity index (χ1v) is 9.34. The van der Waals surface area contributed by atoms with Crippen LogP contribution in [0.4, 0.5) is 10.5 Å². The molecule has 1 atom stereocenters. The molecule has 1 aromatic rings. The van der Waals surface area contributed by atoms with E-state index in [4.69, 9.17) is 20.6 Å². The zero-order chi connectivity index (χ0) is 21.9. The SMILES string of the molecule is COC(=O)[C@H](CCCNC(=N)N)NCc1cccc(NNC(=O)OC(C)(C)C)c1. The number of hydrogen-bond acceptors (Lipinski definition) is 7. The topological polar surface area (TPSA) is 151 Å². The Balaban J connectivity index is 2.55. The second-order valence-corrected chi connectivity index (χ2v) is 7.39. The van der Waals surface area contributed by atoms with E-state index >= 15 is 0 Å². The number of hydrogen-bond donors (Lipinski definition) is 6. The number of nitrogens with two attached hydrogens (primary N) is 1. The molecule has 162 valence electrons. The van der Waals surface area contributed by atoms with Gasteiger partial charge in [-0.25, -0.2) is 10.2 Å². The lowest BCUT2D eigenvalue weighted by atomic mass is 10.1. The summed E-state index contributed by atoms with van der Waals surface area (Å²) >= 11 is 0. The van der Waals surface area contributed by atoms with Crippen molar-refractivity contribution in [1.29, 1.82) is 5.41 Å². The number of carbonyl (C=O) groups is 2. The molecule has 0 aliphatic heterocycles. The van der Waals surface area contributed by atoms with Crippen molar-refractivity contribution in [2.75, 3.05) is 19.1 Å². The van der Waals surface area contributed by atoms with Crippen LogP contribution in [0, 0.1) is 5.41 Å². The van der Waals surface area contributed by atoms with Crippen LogP contribution in [-0.2, 0) is 20.8 Å². The van der Waals surface area contributed by atoms with Crippen LogP contribution in [-0.4, -0.2) is 43.3 Å². The first kappa shape index (κ1) is 24.0. The number of ether oxygens (including phenoxy) is 2. The van der Waals surface area contributed by atoms with Crippen LogP contribution in [0.2, 0.25) is 0 Å². The monoisotopic (exact) mass is 408 g/mol. The minimum atomic E-state index is -0.583. The van der Waals surface area contributed by atoms with Crippen molar-refractivity contribution in [3.05, 3.63) is 29.8 Å². The quantitative estimate of drug-likeness (QED) is 0.112. The zero-order valence-electron chi connectivity index (χ0n) is 17.4. The molecule has 0 fully saturated rings. The molecule has 0 radical (unpaired) electrons. The molecule has 0 aliphatic rings. The third kappa shape index (κ3) is 10.8. The average molecular weight is 409 g/mol. The van der Waals surface area contributed by atoms with Gasteiger partial charge in [-0.2, -0.15) is 0 Å². The van der Waals surface area contributed by atoms with Gasteiger partial charge in [0.2, 0.25) is 0 Å². The third-order valence-electron chi connectivity index (χ3n) is 3.66. The lowest BCUT2D eigenvalue weighted by Gasteiger charge is -2.20. The molecule has 0 saturated carbocycles. The number of benzene rings is 1. The number of anilines is 1. The number of carbonyl (C=O) groups excluding carboxylic acids is 2. The molecule has 0 heterocycles. The predicted molar refractivity (Wildman–Crippen MR) is 111 cm³/mol. The Morgan fingerprint density at radius 1 is 1.28 bits per heavy atom. The maximum atomic E-state index is 12.0. The number of nitrogens with one attached hydrogen (secondary N) is 5. The van der Waals surface area contributed by atoms with E-state index < -0.39 is 17.7 Å². The van der Waals surface area contributed by atoms with Crippen molar-refractivity contribution in [2.45, 2.75) is 51.8 Å². The number of hydrazine groups is 1. The Morgan fingerprint density at radius 3 is 2.62 bits per heavy atom. The summed E-state index contributed by atoms with van der Waals surface area (Å²) in [6, 6.07) is 6.89. The summed E-state index contributed by atoms with van der Waals surface area (Å²) in [6.07, 6.45) is 0.602. The lowest BCUT2D eigenvalue weighted by Crippen LogP contribution is -2.38. The number of amides is 1. The van der Waals surface area contributed by atoms with Crippen molar-refractivity contribution in [3.8, 4) is 0 Å². The van der Waals surface area contributed by atoms with Crippen LogP contribution in [0.25, 0.3) is 0 Å². The smallest absolute Gasteiger partial charge is 0.426 e. The molecule has 0 spiro atoms. The van der Waals surface area contributed by atoms with Crippen molar-refractivity contribution in [1.82, 2.24) is 16.1 Å². The van der Waals surface area contributed by atoms with E-state index in [-0.39, 0.29) is 11.9 Å². The van der Waals surface area contributed by atoms with E-state index in [2.05, 4.69) is 21.5 Å². The fraction of sp³-hybridized carbons (Fsp3) is 0.526. The fourth-order valence-electron chi connectivity index (χ4n) is 2.40. The van der Waals surface area contributed by atoms with Crippen molar-refractivity contribution in [3.63, 3.8) is 0 Å². The Labute approximate surface area is 171 Å². The molecule has 10 heteroatoms. The van der Waals surface area contributed by atoms with Gasteiger partial charge in [-0.15, -0.1) is 0 Å². The molecule has 0 aromatic heterocycles. The molecule has 0 aliphatic carbocycles. The Hall–Kier alpha value is -3.01. The molecule has 7 N–H and O–H groups in total. The first-order valence-electron chi connectivity index (χ1n) is 9.34. The van der Waals surface area contributed by atoms with Crippen LogP contribution in [0.3, 0.4) is 0 Å². The Kier molecular flexibility index (Phi) is 9.73. The van der Waals surface area contributed by atoms with E-state index in [0.717, 1.165) is 5.56 Å². The van der Waals surface area contributed by atoms with Gasteiger partial charge in [0.25, 0.3) is 0 Å². The minimum Gasteiger partial charge on any atom is -0.468 e. The summed E-state index contributed by atoms with van der Waals surface area (Å²) < 4.78 is 10.0. The normalized spacial score (nSPS) is 11.9. The van der Waals surface area contributed by atoms with Crippen LogP contribution in [0.1, 0.15) is 39.2 Å². The van der Waals surface area contributed by atoms with Crippen LogP contribution in [0.5, 0.6) is 0 Å². The molecule has 0 unspecified atom stereocenters. The largest absolute Gasteiger partial charge is 0.468 e. The molecular weight excluding hydrogens is 376 g/mol. The van der Waals surface area contributed by atoms with Crippen LogP contribution < -0.4 is 27.2 Å². The van der Waals surface area contributed by atoms with Crippen LogP contribution in [0.15, 0.2) is 24.3 Å². The fourth-order valence-corrected chi connectivity index (χ4v) is 2.40. The summed E-state index contributed by atoms with van der Waals surface area (Å²) in [5, 5.41) is 13.0. The van der Waals surface area contributed by atoms with Gasteiger partial charge in [0.05, 0.1) is 12.8 Å². The summed E-state index contributed by atoms with van der Waals surface area (Å²) in [5.74, 6) is -0.453. The summed E-state index contributed by atoms with van der Waals surface area (Å²) in [4.78, 5) is 23.7. The molecule has 0 bridgehead atoms. The number of rotatable bonds is 10. The van der Waals surface area contributed by atoms with Gasteiger partial charge >= 0.3 is 12.1 Å². The van der Waals surface area contributed by atoms with Gasteiger partial charge in [0.15, 0.2) is 5.96 Å². The van der Waals surface area contributed by atoms with E-state index in [9.17, 15) is 9.59 Å². The molecule has 10 nitrogen and oxygen atoms in total. The highest BCUT2D eigenvalue weighted by Gasteiger charge is 2.18. The highest BCUT2D eigenvalue weighted by molar-refractivity contribution is 5.75. The van der Waals surface area contributed by atoms with Crippen LogP contribution >= 0.6 is 0 Å². The number of esters is 1. The Morgan fingerprint density at radius 2 is 2.00 bits per heavy atom. The highest BCUT2D eigenvalue weighted by atomic mass is 16.6. The number of methoxy groups -OCH3 is 1. The van der Waals surface area contributed by atoms with E-state index in [0.29, 0.717) is 31.6 Å². The average Bonchev–Trinajstić information content (AvgIpc) is 2.64. The lowest BCUT2D eigenvalue weighted by molar-refractivity contribution is -0.143. The molecule has 1 rings (SSSR count). The van der Waals surface area contributed by atoms with E-state index in [1.54, 1.807) is 26.8 Å². The van der Waals surface area contributed by atoms with Crippen molar-refractivity contribution >= 4 is 23.7 Å². The molecule has 0 saturated heterocycles. The third-order valence-corrected chi connectivity index (χ3v) is 3.66. The van der Waals surface area contributed by atoms with Gasteiger partial charge < -0.3 is 25.8 Å². The van der Waals surface area contributed by atoms with Crippen molar-refractivity contribution in [2.24, 2.45) is 5.73 Å². The molecular formula is C19H32N6O4. The van der Waals surface area contributed by atoms with Gasteiger partial charge in [0.1, 0.15) is 11.6 Å². The predicted octanol–water partition coefficient (Wildman–Crippen LogP) is 1.43. The van der Waals surface area contributed by atoms with Gasteiger partial charge in [-0.05, 0) is 51.3 Å². The van der Waals surface area contributed by atoms with Crippen molar-refractivity contribution < 1.29 is 19.1 Å². The number of guanidine groups is 1. The maximum absolute atomic E-state index is 12.0. The molecule has 1 aromatic carbocycles. The van der Waals surface area contributed by atoms with E-state index in [1.807, 2.05) is 18.2 Å². The summed E-state index contributed by atoms with van der Waals surface area (Å²) in [6.45, 7) is 6.29. The molecule has 1 amide bonds. The molecule has 29 heavy (non-hydrogen) atoms. The Bertz CT molecular complexity index is 690. The van der Waals surface area contributed by atoms with Gasteiger partial charge in [-0.1, -0.05) is 12.1 Å². The second-order valence-electron chi connectivity index (χ2n) is 7.39. The summed E-state index contributed by atoms with van der Waals surface area (Å²) in [5.41, 5.74) is 11.5. The summed E-state index contributed by atoms with van der Waals surface area (Å²) in [7, 11) is 1.34. The minimum absolute atomic E-state index is 0.100. The first-order chi connectivity index (χ1) is 13.6. The second kappa shape index (κ2) is 11.7. The zero-order valence-corrected chi connectivity index (χ0v) is 17.4. The van der Waals surface area contributed by atoms with Gasteiger partial charge in [0, 0.05) is 13.1 Å². The standard InChI is InChI=1S/C19H32N6O4/c1-19(2,3)29-18(27)25-24-14-8-5-7-13(11-14)12-23-15(16(26)28-4)9-6-10-22-17(20)21/h5,7-8,11,15,23-24H,6,9-10,12H2,1-4H3,(H,25,27)(H4,20,21,22)/t15-/m0/s1. The highest BCUT2D eigenvalue weighted by Crippen LogP contribution is 2.11. The van der Waals surface area contributed by atoms with Gasteiger partial charge in [-0.3, -0.25) is 15.6 Å². The van der Waals surface area contributed by atoms with E-state index in [1.165, 1.54) is 7.11 Å².